The molecule has 0 aliphatic heterocycles. The lowest BCUT2D eigenvalue weighted by atomic mass is 10.0. The van der Waals surface area contributed by atoms with Crippen molar-refractivity contribution >= 4 is 11.5 Å². The maximum atomic E-state index is 13.6. The molecule has 1 saturated carbocycles. The standard InChI is InChI=1S/C12H13F2N3O3/c13-7-4-10(8(14)3-9(7)17(18)19)20-6-12(1-2-12)5-11(15)16/h3-4H,1-2,5-6H2,(H3,15,16). The SMILES string of the molecule is N=C(N)CC1(COc2cc(F)c([N+](=O)[O-])cc2F)CC1. The van der Waals surface area contributed by atoms with Gasteiger partial charge in [0.2, 0.25) is 5.82 Å². The van der Waals surface area contributed by atoms with Gasteiger partial charge in [0.25, 0.3) is 0 Å². The Balaban J connectivity index is 2.09. The predicted molar refractivity (Wildman–Crippen MR) is 66.7 cm³/mol. The first-order valence-corrected chi connectivity index (χ1v) is 5.92. The van der Waals surface area contributed by atoms with E-state index in [0.717, 1.165) is 12.8 Å². The second kappa shape index (κ2) is 5.03. The number of nitrogens with one attached hydrogen (secondary N) is 1. The van der Waals surface area contributed by atoms with Crippen LogP contribution in [0.1, 0.15) is 19.3 Å². The van der Waals surface area contributed by atoms with Gasteiger partial charge in [-0.3, -0.25) is 15.5 Å². The third-order valence-corrected chi connectivity index (χ3v) is 3.25. The molecule has 0 unspecified atom stereocenters. The first-order valence-electron chi connectivity index (χ1n) is 5.92. The molecule has 1 aliphatic rings. The number of benzene rings is 1. The van der Waals surface area contributed by atoms with Gasteiger partial charge in [-0.2, -0.15) is 4.39 Å². The van der Waals surface area contributed by atoms with Gasteiger partial charge >= 0.3 is 5.69 Å². The molecule has 0 bridgehead atoms. The van der Waals surface area contributed by atoms with Gasteiger partial charge in [0.1, 0.15) is 0 Å². The van der Waals surface area contributed by atoms with Crippen molar-refractivity contribution in [3.05, 3.63) is 33.9 Å². The minimum absolute atomic E-state index is 0.0152. The van der Waals surface area contributed by atoms with E-state index < -0.39 is 22.2 Å². The van der Waals surface area contributed by atoms with Crippen LogP contribution in [0.2, 0.25) is 0 Å². The first kappa shape index (κ1) is 14.2. The lowest BCUT2D eigenvalue weighted by molar-refractivity contribution is -0.387. The molecule has 1 fully saturated rings. The molecule has 2 rings (SSSR count). The zero-order valence-corrected chi connectivity index (χ0v) is 10.5. The summed E-state index contributed by atoms with van der Waals surface area (Å²) < 4.78 is 32.2. The van der Waals surface area contributed by atoms with Crippen molar-refractivity contribution in [3.8, 4) is 5.75 Å². The smallest absolute Gasteiger partial charge is 0.307 e. The highest BCUT2D eigenvalue weighted by Gasteiger charge is 2.44. The van der Waals surface area contributed by atoms with Crippen molar-refractivity contribution in [1.82, 2.24) is 0 Å². The molecular formula is C12H13F2N3O3. The van der Waals surface area contributed by atoms with Crippen molar-refractivity contribution in [2.45, 2.75) is 19.3 Å². The molecular weight excluding hydrogens is 272 g/mol. The van der Waals surface area contributed by atoms with Gasteiger partial charge < -0.3 is 10.5 Å². The Hall–Kier alpha value is -2.25. The summed E-state index contributed by atoms with van der Waals surface area (Å²) in [6.45, 7) is 0.0980. The third kappa shape index (κ3) is 3.01. The van der Waals surface area contributed by atoms with E-state index in [0.29, 0.717) is 18.6 Å². The largest absolute Gasteiger partial charge is 0.490 e. The van der Waals surface area contributed by atoms with E-state index in [2.05, 4.69) is 0 Å². The van der Waals surface area contributed by atoms with Crippen LogP contribution >= 0.6 is 0 Å². The maximum Gasteiger partial charge on any atom is 0.307 e. The van der Waals surface area contributed by atoms with E-state index in [1.165, 1.54) is 0 Å². The van der Waals surface area contributed by atoms with Crippen LogP contribution in [-0.2, 0) is 0 Å². The fourth-order valence-electron chi connectivity index (χ4n) is 1.95. The number of halogens is 2. The highest BCUT2D eigenvalue weighted by Crippen LogP contribution is 2.49. The van der Waals surface area contributed by atoms with Crippen molar-refractivity contribution in [2.24, 2.45) is 11.1 Å². The number of hydrogen-bond donors (Lipinski definition) is 2. The number of nitrogens with two attached hydrogens (primary N) is 1. The van der Waals surface area contributed by atoms with Crippen molar-refractivity contribution in [3.63, 3.8) is 0 Å². The second-order valence-electron chi connectivity index (χ2n) is 4.98. The Morgan fingerprint density at radius 2 is 2.10 bits per heavy atom. The van der Waals surface area contributed by atoms with E-state index in [-0.39, 0.29) is 23.6 Å². The average molecular weight is 285 g/mol. The summed E-state index contributed by atoms with van der Waals surface area (Å²) in [5, 5.41) is 17.7. The van der Waals surface area contributed by atoms with Crippen LogP contribution < -0.4 is 10.5 Å². The molecule has 3 N–H and O–H groups in total. The summed E-state index contributed by atoms with van der Waals surface area (Å²) >= 11 is 0. The monoisotopic (exact) mass is 285 g/mol. The van der Waals surface area contributed by atoms with Crippen molar-refractivity contribution < 1.29 is 18.4 Å². The fourth-order valence-corrected chi connectivity index (χ4v) is 1.95. The van der Waals surface area contributed by atoms with Crippen LogP contribution in [0, 0.1) is 32.6 Å². The zero-order chi connectivity index (χ0) is 14.9. The number of rotatable bonds is 6. The van der Waals surface area contributed by atoms with Gasteiger partial charge in [-0.25, -0.2) is 4.39 Å². The van der Waals surface area contributed by atoms with Gasteiger partial charge in [-0.1, -0.05) is 0 Å². The summed E-state index contributed by atoms with van der Waals surface area (Å²) in [6, 6.07) is 1.16. The van der Waals surface area contributed by atoms with Crippen LogP contribution in [-0.4, -0.2) is 17.4 Å². The number of ether oxygens (including phenoxy) is 1. The van der Waals surface area contributed by atoms with E-state index in [1.54, 1.807) is 0 Å². The van der Waals surface area contributed by atoms with Crippen LogP contribution in [0.5, 0.6) is 5.75 Å². The molecule has 0 spiro atoms. The highest BCUT2D eigenvalue weighted by atomic mass is 19.1. The first-order chi connectivity index (χ1) is 9.33. The zero-order valence-electron chi connectivity index (χ0n) is 10.5. The lowest BCUT2D eigenvalue weighted by Crippen LogP contribution is -2.22. The second-order valence-corrected chi connectivity index (χ2v) is 4.98. The summed E-state index contributed by atoms with van der Waals surface area (Å²) in [5.74, 6) is -2.50. The molecule has 8 heteroatoms. The van der Waals surface area contributed by atoms with E-state index in [4.69, 9.17) is 15.9 Å². The van der Waals surface area contributed by atoms with Crippen molar-refractivity contribution in [1.29, 1.82) is 5.41 Å². The molecule has 108 valence electrons. The third-order valence-electron chi connectivity index (χ3n) is 3.25. The van der Waals surface area contributed by atoms with Gasteiger partial charge in [0.15, 0.2) is 11.6 Å². The average Bonchev–Trinajstić information content (AvgIpc) is 3.08. The molecule has 0 atom stereocenters. The lowest BCUT2D eigenvalue weighted by Gasteiger charge is -2.15. The fraction of sp³-hybridized carbons (Fsp3) is 0.417. The minimum atomic E-state index is -1.15. The summed E-state index contributed by atoms with van der Waals surface area (Å²) in [4.78, 5) is 9.45. The molecule has 1 aromatic carbocycles. The molecule has 1 aromatic rings. The Morgan fingerprint density at radius 1 is 1.45 bits per heavy atom. The van der Waals surface area contributed by atoms with Gasteiger partial charge in [0.05, 0.1) is 23.4 Å². The van der Waals surface area contributed by atoms with E-state index in [1.807, 2.05) is 0 Å². The van der Waals surface area contributed by atoms with Gasteiger partial charge in [-0.15, -0.1) is 0 Å². The number of nitro groups is 1. The van der Waals surface area contributed by atoms with Crippen molar-refractivity contribution in [2.75, 3.05) is 6.61 Å². The normalized spacial score (nSPS) is 15.7. The molecule has 0 heterocycles. The molecule has 20 heavy (non-hydrogen) atoms. The van der Waals surface area contributed by atoms with Crippen LogP contribution in [0.15, 0.2) is 12.1 Å². The summed E-state index contributed by atoms with van der Waals surface area (Å²) in [7, 11) is 0. The number of amidine groups is 1. The molecule has 0 amide bonds. The van der Waals surface area contributed by atoms with E-state index in [9.17, 15) is 18.9 Å². The van der Waals surface area contributed by atoms with E-state index >= 15 is 0 Å². The minimum Gasteiger partial charge on any atom is -0.490 e. The molecule has 6 nitrogen and oxygen atoms in total. The van der Waals surface area contributed by atoms with Gasteiger partial charge in [0, 0.05) is 17.9 Å². The number of nitro benzene ring substituents is 1. The summed E-state index contributed by atoms with van der Waals surface area (Å²) in [6.07, 6.45) is 1.93. The van der Waals surface area contributed by atoms with Gasteiger partial charge in [-0.05, 0) is 12.8 Å². The predicted octanol–water partition coefficient (Wildman–Crippen LogP) is 2.36. The van der Waals surface area contributed by atoms with Crippen LogP contribution in [0.4, 0.5) is 14.5 Å². The molecule has 0 saturated heterocycles. The Morgan fingerprint density at radius 3 is 2.60 bits per heavy atom. The summed E-state index contributed by atoms with van der Waals surface area (Å²) in [5.41, 5.74) is 4.09. The Labute approximate surface area is 113 Å². The molecule has 0 aromatic heterocycles. The molecule has 0 radical (unpaired) electrons. The number of hydrogen-bond acceptors (Lipinski definition) is 4. The van der Waals surface area contributed by atoms with Crippen LogP contribution in [0.25, 0.3) is 0 Å². The number of nitrogens with zero attached hydrogens (tertiary/aromatic N) is 1. The Kier molecular flexibility index (Phi) is 3.56. The maximum absolute atomic E-state index is 13.6. The quantitative estimate of drug-likeness (QED) is 0.362. The Bertz CT molecular complexity index is 573. The van der Waals surface area contributed by atoms with Crippen LogP contribution in [0.3, 0.4) is 0 Å². The molecule has 1 aliphatic carbocycles. The highest BCUT2D eigenvalue weighted by molar-refractivity contribution is 5.78. The topological polar surface area (TPSA) is 102 Å².